The number of ether oxygens (including phenoxy) is 2. The second kappa shape index (κ2) is 6.71. The quantitative estimate of drug-likeness (QED) is 0.587. The van der Waals surface area contributed by atoms with Crippen molar-refractivity contribution in [3.05, 3.63) is 78.7 Å². The number of benzene rings is 2. The SMILES string of the molecule is [CH2]C(OC=O)OC(c1ccccc1)c1ccccc1. The van der Waals surface area contributed by atoms with Crippen molar-refractivity contribution in [1.82, 2.24) is 0 Å². The van der Waals surface area contributed by atoms with Gasteiger partial charge in [-0.15, -0.1) is 0 Å². The maximum Gasteiger partial charge on any atom is 0.295 e. The molecular weight excluding hydrogens is 240 g/mol. The molecule has 3 nitrogen and oxygen atoms in total. The Morgan fingerprint density at radius 1 is 0.895 bits per heavy atom. The van der Waals surface area contributed by atoms with Crippen molar-refractivity contribution in [2.24, 2.45) is 0 Å². The van der Waals surface area contributed by atoms with E-state index in [2.05, 4.69) is 6.92 Å². The van der Waals surface area contributed by atoms with Gasteiger partial charge in [0.15, 0.2) is 0 Å². The van der Waals surface area contributed by atoms with Crippen molar-refractivity contribution >= 4 is 6.47 Å². The molecule has 0 saturated carbocycles. The lowest BCUT2D eigenvalue weighted by Crippen LogP contribution is -2.17. The fraction of sp³-hybridized carbons (Fsp3) is 0.125. The van der Waals surface area contributed by atoms with Crippen LogP contribution in [0, 0.1) is 6.92 Å². The van der Waals surface area contributed by atoms with E-state index in [1.807, 2.05) is 60.7 Å². The van der Waals surface area contributed by atoms with Gasteiger partial charge in [0.1, 0.15) is 6.10 Å². The van der Waals surface area contributed by atoms with Crippen LogP contribution in [0.3, 0.4) is 0 Å². The Kier molecular flexibility index (Phi) is 4.70. The summed E-state index contributed by atoms with van der Waals surface area (Å²) in [7, 11) is 0. The van der Waals surface area contributed by atoms with E-state index in [0.29, 0.717) is 6.47 Å². The predicted octanol–water partition coefficient (Wildman–Crippen LogP) is 3.13. The van der Waals surface area contributed by atoms with Crippen molar-refractivity contribution < 1.29 is 14.3 Å². The van der Waals surface area contributed by atoms with Gasteiger partial charge in [0.05, 0.1) is 0 Å². The molecule has 2 aromatic rings. The van der Waals surface area contributed by atoms with Gasteiger partial charge in [0, 0.05) is 6.92 Å². The molecule has 19 heavy (non-hydrogen) atoms. The van der Waals surface area contributed by atoms with Gasteiger partial charge in [-0.3, -0.25) is 4.79 Å². The third-order valence-corrected chi connectivity index (χ3v) is 2.70. The average molecular weight is 255 g/mol. The zero-order valence-electron chi connectivity index (χ0n) is 10.4. The van der Waals surface area contributed by atoms with Gasteiger partial charge in [-0.05, 0) is 11.1 Å². The van der Waals surface area contributed by atoms with Crippen LogP contribution in [0.15, 0.2) is 60.7 Å². The van der Waals surface area contributed by atoms with Gasteiger partial charge in [0.2, 0.25) is 6.29 Å². The first-order valence-electron chi connectivity index (χ1n) is 5.99. The minimum absolute atomic E-state index is 0.315. The third kappa shape index (κ3) is 3.66. The number of rotatable bonds is 6. The van der Waals surface area contributed by atoms with Crippen molar-refractivity contribution in [2.45, 2.75) is 12.4 Å². The molecule has 0 heterocycles. The van der Waals surface area contributed by atoms with E-state index >= 15 is 0 Å². The minimum atomic E-state index is -0.845. The van der Waals surface area contributed by atoms with Crippen LogP contribution in [-0.2, 0) is 14.3 Å². The number of carbonyl (C=O) groups excluding carboxylic acids is 1. The molecule has 2 aromatic carbocycles. The Bertz CT molecular complexity index is 456. The van der Waals surface area contributed by atoms with Crippen LogP contribution in [0.1, 0.15) is 17.2 Å². The van der Waals surface area contributed by atoms with Crippen molar-refractivity contribution in [3.63, 3.8) is 0 Å². The van der Waals surface area contributed by atoms with Crippen LogP contribution in [0.25, 0.3) is 0 Å². The molecule has 0 aliphatic carbocycles. The molecule has 0 aromatic heterocycles. The van der Waals surface area contributed by atoms with Gasteiger partial charge in [0.25, 0.3) is 6.47 Å². The number of carbonyl (C=O) groups is 1. The zero-order chi connectivity index (χ0) is 13.5. The Morgan fingerprint density at radius 2 is 1.37 bits per heavy atom. The van der Waals surface area contributed by atoms with Gasteiger partial charge >= 0.3 is 0 Å². The molecule has 0 bridgehead atoms. The van der Waals surface area contributed by atoms with Crippen LogP contribution in [0.2, 0.25) is 0 Å². The topological polar surface area (TPSA) is 35.5 Å². The molecule has 3 heteroatoms. The largest absolute Gasteiger partial charge is 0.438 e. The average Bonchev–Trinajstić information content (AvgIpc) is 2.47. The molecule has 0 aliphatic heterocycles. The third-order valence-electron chi connectivity index (χ3n) is 2.70. The van der Waals surface area contributed by atoms with E-state index in [-0.39, 0.29) is 6.10 Å². The Hall–Kier alpha value is -2.13. The summed E-state index contributed by atoms with van der Waals surface area (Å²) in [5.41, 5.74) is 1.97. The Balaban J connectivity index is 2.26. The van der Waals surface area contributed by atoms with Gasteiger partial charge in [-0.1, -0.05) is 60.7 Å². The van der Waals surface area contributed by atoms with E-state index in [9.17, 15) is 4.79 Å². The van der Waals surface area contributed by atoms with Crippen LogP contribution in [0.5, 0.6) is 0 Å². The fourth-order valence-electron chi connectivity index (χ4n) is 1.85. The molecule has 0 saturated heterocycles. The predicted molar refractivity (Wildman–Crippen MR) is 72.1 cm³/mol. The molecule has 1 unspecified atom stereocenters. The minimum Gasteiger partial charge on any atom is -0.438 e. The van der Waals surface area contributed by atoms with Crippen LogP contribution >= 0.6 is 0 Å². The molecule has 0 spiro atoms. The highest BCUT2D eigenvalue weighted by Crippen LogP contribution is 2.27. The highest BCUT2D eigenvalue weighted by Gasteiger charge is 2.18. The summed E-state index contributed by atoms with van der Waals surface area (Å²) in [4.78, 5) is 10.3. The van der Waals surface area contributed by atoms with Crippen molar-refractivity contribution in [3.8, 4) is 0 Å². The standard InChI is InChI=1S/C16H15O3/c1-13(18-12-17)19-16(14-8-4-2-5-9-14)15-10-6-3-7-11-15/h2-13,16H,1H2. The van der Waals surface area contributed by atoms with Crippen LogP contribution in [0.4, 0.5) is 0 Å². The monoisotopic (exact) mass is 255 g/mol. The first-order valence-corrected chi connectivity index (χ1v) is 5.99. The van der Waals surface area contributed by atoms with E-state index in [4.69, 9.17) is 9.47 Å². The zero-order valence-corrected chi connectivity index (χ0v) is 10.4. The van der Waals surface area contributed by atoms with Gasteiger partial charge < -0.3 is 9.47 Å². The fourth-order valence-corrected chi connectivity index (χ4v) is 1.85. The molecule has 1 atom stereocenters. The van der Waals surface area contributed by atoms with E-state index in [0.717, 1.165) is 11.1 Å². The summed E-state index contributed by atoms with van der Waals surface area (Å²) in [6.07, 6.45) is -1.16. The summed E-state index contributed by atoms with van der Waals surface area (Å²) >= 11 is 0. The maximum absolute atomic E-state index is 10.3. The van der Waals surface area contributed by atoms with E-state index in [1.165, 1.54) is 0 Å². The first-order chi connectivity index (χ1) is 9.31. The molecule has 0 N–H and O–H groups in total. The lowest BCUT2D eigenvalue weighted by molar-refractivity contribution is -0.160. The number of hydrogen-bond donors (Lipinski definition) is 0. The summed E-state index contributed by atoms with van der Waals surface area (Å²) in [5.74, 6) is 0. The van der Waals surface area contributed by atoms with Gasteiger partial charge in [-0.25, -0.2) is 0 Å². The highest BCUT2D eigenvalue weighted by molar-refractivity contribution is 5.37. The highest BCUT2D eigenvalue weighted by atomic mass is 16.7. The van der Waals surface area contributed by atoms with Crippen LogP contribution < -0.4 is 0 Å². The molecule has 2 rings (SSSR count). The van der Waals surface area contributed by atoms with Gasteiger partial charge in [-0.2, -0.15) is 0 Å². The molecule has 97 valence electrons. The second-order valence-electron chi connectivity index (χ2n) is 4.00. The smallest absolute Gasteiger partial charge is 0.295 e. The molecular formula is C16H15O3. The lowest BCUT2D eigenvalue weighted by Gasteiger charge is -2.22. The molecule has 0 fully saturated rings. The second-order valence-corrected chi connectivity index (χ2v) is 4.00. The molecule has 0 aliphatic rings. The van der Waals surface area contributed by atoms with E-state index < -0.39 is 6.29 Å². The Labute approximate surface area is 112 Å². The summed E-state index contributed by atoms with van der Waals surface area (Å²) in [5, 5.41) is 0. The summed E-state index contributed by atoms with van der Waals surface area (Å²) < 4.78 is 10.4. The summed E-state index contributed by atoms with van der Waals surface area (Å²) in [6, 6.07) is 19.5. The van der Waals surface area contributed by atoms with Crippen molar-refractivity contribution in [2.75, 3.05) is 0 Å². The lowest BCUT2D eigenvalue weighted by atomic mass is 10.0. The molecule has 0 amide bonds. The first kappa shape index (κ1) is 13.3. The normalized spacial score (nSPS) is 12.1. The van der Waals surface area contributed by atoms with Crippen LogP contribution in [-0.4, -0.2) is 12.8 Å². The van der Waals surface area contributed by atoms with E-state index in [1.54, 1.807) is 0 Å². The maximum atomic E-state index is 10.3. The summed E-state index contributed by atoms with van der Waals surface area (Å²) in [6.45, 7) is 3.98. The van der Waals surface area contributed by atoms with Crippen molar-refractivity contribution in [1.29, 1.82) is 0 Å². The Morgan fingerprint density at radius 3 is 1.79 bits per heavy atom. The number of hydrogen-bond acceptors (Lipinski definition) is 3. The molecule has 1 radical (unpaired) electrons.